The van der Waals surface area contributed by atoms with Crippen LogP contribution in [0, 0.1) is 6.92 Å². The van der Waals surface area contributed by atoms with Gasteiger partial charge < -0.3 is 15.6 Å². The molecule has 0 atom stereocenters. The van der Waals surface area contributed by atoms with Gasteiger partial charge in [-0.3, -0.25) is 4.79 Å². The van der Waals surface area contributed by atoms with Gasteiger partial charge in [0.1, 0.15) is 5.82 Å². The lowest BCUT2D eigenvalue weighted by atomic mass is 10.2. The summed E-state index contributed by atoms with van der Waals surface area (Å²) in [5.74, 6) is 1.25. The Morgan fingerprint density at radius 2 is 2.22 bits per heavy atom. The van der Waals surface area contributed by atoms with E-state index in [9.17, 15) is 4.79 Å². The van der Waals surface area contributed by atoms with Gasteiger partial charge in [-0.25, -0.2) is 0 Å². The smallest absolute Gasteiger partial charge is 0.248 e. The fourth-order valence-corrected chi connectivity index (χ4v) is 1.57. The molecule has 0 unspecified atom stereocenters. The molecule has 0 aliphatic heterocycles. The third kappa shape index (κ3) is 2.48. The zero-order valence-corrected chi connectivity index (χ0v) is 10.3. The van der Waals surface area contributed by atoms with E-state index in [1.807, 2.05) is 24.6 Å². The topological polar surface area (TPSA) is 85.8 Å². The number of carbonyl (C=O) groups is 1. The standard InChI is InChI=1S/C12H15N5O/c1-8-15-16-11(17(8)2)7-14-10-5-3-4-9(6-10)12(13)18/h3-6,14H,7H2,1-2H3,(H2,13,18). The number of amides is 1. The van der Waals surface area contributed by atoms with Crippen LogP contribution in [0.5, 0.6) is 0 Å². The van der Waals surface area contributed by atoms with Gasteiger partial charge in [-0.2, -0.15) is 0 Å². The van der Waals surface area contributed by atoms with E-state index in [0.717, 1.165) is 17.3 Å². The summed E-state index contributed by atoms with van der Waals surface area (Å²) in [5, 5.41) is 11.2. The van der Waals surface area contributed by atoms with Crippen molar-refractivity contribution in [2.75, 3.05) is 5.32 Å². The van der Waals surface area contributed by atoms with Gasteiger partial charge in [-0.05, 0) is 25.1 Å². The summed E-state index contributed by atoms with van der Waals surface area (Å²) in [6, 6.07) is 7.05. The normalized spacial score (nSPS) is 10.3. The molecule has 0 bridgehead atoms. The number of rotatable bonds is 4. The van der Waals surface area contributed by atoms with E-state index in [1.165, 1.54) is 0 Å². The van der Waals surface area contributed by atoms with Gasteiger partial charge in [0, 0.05) is 18.3 Å². The summed E-state index contributed by atoms with van der Waals surface area (Å²) in [6.07, 6.45) is 0. The first-order chi connectivity index (χ1) is 8.58. The van der Waals surface area contributed by atoms with Crippen molar-refractivity contribution in [2.24, 2.45) is 12.8 Å². The summed E-state index contributed by atoms with van der Waals surface area (Å²) in [4.78, 5) is 11.1. The number of nitrogens with one attached hydrogen (secondary N) is 1. The molecular formula is C12H15N5O. The summed E-state index contributed by atoms with van der Waals surface area (Å²) in [7, 11) is 1.91. The largest absolute Gasteiger partial charge is 0.378 e. The summed E-state index contributed by atoms with van der Waals surface area (Å²) < 4.78 is 1.91. The molecule has 6 nitrogen and oxygen atoms in total. The molecule has 18 heavy (non-hydrogen) atoms. The summed E-state index contributed by atoms with van der Waals surface area (Å²) >= 11 is 0. The maximum Gasteiger partial charge on any atom is 0.248 e. The van der Waals surface area contributed by atoms with Crippen molar-refractivity contribution < 1.29 is 4.79 Å². The van der Waals surface area contributed by atoms with E-state index in [1.54, 1.807) is 18.2 Å². The quantitative estimate of drug-likeness (QED) is 0.835. The molecule has 0 fully saturated rings. The molecule has 2 rings (SSSR count). The SMILES string of the molecule is Cc1nnc(CNc2cccc(C(N)=O)c2)n1C. The van der Waals surface area contributed by atoms with E-state index in [-0.39, 0.29) is 0 Å². The maximum atomic E-state index is 11.1. The van der Waals surface area contributed by atoms with E-state index < -0.39 is 5.91 Å². The minimum Gasteiger partial charge on any atom is -0.378 e. The Labute approximate surface area is 105 Å². The van der Waals surface area contributed by atoms with Crippen LogP contribution in [0.4, 0.5) is 5.69 Å². The molecule has 0 saturated heterocycles. The summed E-state index contributed by atoms with van der Waals surface area (Å²) in [5.41, 5.74) is 6.53. The number of carbonyl (C=O) groups excluding carboxylic acids is 1. The molecule has 1 amide bonds. The van der Waals surface area contributed by atoms with E-state index >= 15 is 0 Å². The predicted octanol–water partition coefficient (Wildman–Crippen LogP) is 0.835. The number of hydrogen-bond donors (Lipinski definition) is 2. The average Bonchev–Trinajstić information content (AvgIpc) is 2.68. The van der Waals surface area contributed by atoms with Crippen molar-refractivity contribution >= 4 is 11.6 Å². The van der Waals surface area contributed by atoms with Gasteiger partial charge >= 0.3 is 0 Å². The Morgan fingerprint density at radius 3 is 2.83 bits per heavy atom. The fourth-order valence-electron chi connectivity index (χ4n) is 1.57. The molecule has 3 N–H and O–H groups in total. The first kappa shape index (κ1) is 12.1. The van der Waals surface area contributed by atoms with Crippen LogP contribution >= 0.6 is 0 Å². The molecule has 0 saturated carbocycles. The van der Waals surface area contributed by atoms with E-state index in [0.29, 0.717) is 12.1 Å². The minimum atomic E-state index is -0.437. The molecule has 1 aromatic heterocycles. The third-order valence-electron chi connectivity index (χ3n) is 2.78. The fraction of sp³-hybridized carbons (Fsp3) is 0.250. The van der Waals surface area contributed by atoms with Crippen molar-refractivity contribution in [3.05, 3.63) is 41.5 Å². The number of primary amides is 1. The number of benzene rings is 1. The number of aryl methyl sites for hydroxylation is 1. The highest BCUT2D eigenvalue weighted by Crippen LogP contribution is 2.11. The second-order valence-electron chi connectivity index (χ2n) is 4.02. The van der Waals surface area contributed by atoms with E-state index in [2.05, 4.69) is 15.5 Å². The summed E-state index contributed by atoms with van der Waals surface area (Å²) in [6.45, 7) is 2.43. The van der Waals surface area contributed by atoms with Crippen LogP contribution in [0.25, 0.3) is 0 Å². The van der Waals surface area contributed by atoms with Gasteiger partial charge in [0.15, 0.2) is 5.82 Å². The molecule has 0 aliphatic carbocycles. The van der Waals surface area contributed by atoms with Crippen LogP contribution in [-0.4, -0.2) is 20.7 Å². The van der Waals surface area contributed by atoms with Crippen molar-refractivity contribution in [3.63, 3.8) is 0 Å². The molecule has 1 aromatic carbocycles. The second-order valence-corrected chi connectivity index (χ2v) is 4.02. The molecule has 94 valence electrons. The van der Waals surface area contributed by atoms with E-state index in [4.69, 9.17) is 5.73 Å². The predicted molar refractivity (Wildman–Crippen MR) is 68.0 cm³/mol. The number of nitrogens with two attached hydrogens (primary N) is 1. The maximum absolute atomic E-state index is 11.1. The Kier molecular flexibility index (Phi) is 3.27. The third-order valence-corrected chi connectivity index (χ3v) is 2.78. The van der Waals surface area contributed by atoms with Crippen LogP contribution in [0.15, 0.2) is 24.3 Å². The first-order valence-corrected chi connectivity index (χ1v) is 5.56. The Balaban J connectivity index is 2.08. The first-order valence-electron chi connectivity index (χ1n) is 5.56. The molecule has 1 heterocycles. The lowest BCUT2D eigenvalue weighted by molar-refractivity contribution is 0.100. The number of anilines is 1. The van der Waals surface area contributed by atoms with Crippen LogP contribution in [0.2, 0.25) is 0 Å². The number of hydrogen-bond acceptors (Lipinski definition) is 4. The highest BCUT2D eigenvalue weighted by Gasteiger charge is 2.05. The highest BCUT2D eigenvalue weighted by molar-refractivity contribution is 5.93. The van der Waals surface area contributed by atoms with Crippen LogP contribution in [0.3, 0.4) is 0 Å². The van der Waals surface area contributed by atoms with Gasteiger partial charge in [-0.15, -0.1) is 10.2 Å². The van der Waals surface area contributed by atoms with Gasteiger partial charge in [-0.1, -0.05) is 6.07 Å². The zero-order chi connectivity index (χ0) is 13.1. The Hall–Kier alpha value is -2.37. The van der Waals surface area contributed by atoms with Crippen molar-refractivity contribution in [1.82, 2.24) is 14.8 Å². The Morgan fingerprint density at radius 1 is 1.44 bits per heavy atom. The molecule has 0 spiro atoms. The van der Waals surface area contributed by atoms with Crippen LogP contribution in [-0.2, 0) is 13.6 Å². The molecule has 2 aromatic rings. The molecular weight excluding hydrogens is 230 g/mol. The zero-order valence-electron chi connectivity index (χ0n) is 10.3. The van der Waals surface area contributed by atoms with Gasteiger partial charge in [0.05, 0.1) is 6.54 Å². The van der Waals surface area contributed by atoms with Gasteiger partial charge in [0.25, 0.3) is 0 Å². The van der Waals surface area contributed by atoms with Crippen LogP contribution in [0.1, 0.15) is 22.0 Å². The lowest BCUT2D eigenvalue weighted by Gasteiger charge is -2.07. The van der Waals surface area contributed by atoms with Gasteiger partial charge in [0.2, 0.25) is 5.91 Å². The van der Waals surface area contributed by atoms with Crippen molar-refractivity contribution in [1.29, 1.82) is 0 Å². The molecule has 0 radical (unpaired) electrons. The van der Waals surface area contributed by atoms with Crippen LogP contribution < -0.4 is 11.1 Å². The molecule has 0 aliphatic rings. The average molecular weight is 245 g/mol. The highest BCUT2D eigenvalue weighted by atomic mass is 16.1. The number of nitrogens with zero attached hydrogens (tertiary/aromatic N) is 3. The van der Waals surface area contributed by atoms with Crippen molar-refractivity contribution in [3.8, 4) is 0 Å². The second kappa shape index (κ2) is 4.87. The monoisotopic (exact) mass is 245 g/mol. The van der Waals surface area contributed by atoms with Crippen molar-refractivity contribution in [2.45, 2.75) is 13.5 Å². The molecule has 6 heteroatoms. The lowest BCUT2D eigenvalue weighted by Crippen LogP contribution is -2.11. The Bertz CT molecular complexity index is 576. The minimum absolute atomic E-state index is 0.437. The number of aromatic nitrogens is 3.